The molecule has 1 aliphatic carbocycles. The van der Waals surface area contributed by atoms with E-state index >= 15 is 0 Å². The molecule has 1 aliphatic rings. The smallest absolute Gasteiger partial charge is 0.0810 e. The highest BCUT2D eigenvalue weighted by atomic mass is 16.3. The van der Waals surface area contributed by atoms with Gasteiger partial charge in [-0.25, -0.2) is 0 Å². The lowest BCUT2D eigenvalue weighted by Gasteiger charge is -2.05. The molecule has 64 valence electrons. The Kier molecular flexibility index (Phi) is 1.85. The fourth-order valence-electron chi connectivity index (χ4n) is 1.88. The number of aromatic nitrogens is 1. The molecule has 0 spiro atoms. The number of aryl methyl sites for hydroxylation is 1. The number of pyridine rings is 1. The second-order valence-electron chi connectivity index (χ2n) is 3.27. The van der Waals surface area contributed by atoms with Crippen LogP contribution < -0.4 is 0 Å². The molecule has 1 unspecified atom stereocenters. The van der Waals surface area contributed by atoms with Gasteiger partial charge in [-0.2, -0.15) is 0 Å². The van der Waals surface area contributed by atoms with Gasteiger partial charge in [-0.1, -0.05) is 6.92 Å². The molecule has 0 radical (unpaired) electrons. The highest BCUT2D eigenvalue weighted by molar-refractivity contribution is 5.37. The van der Waals surface area contributed by atoms with Gasteiger partial charge < -0.3 is 5.11 Å². The fraction of sp³-hybridized carbons (Fsp3) is 0.500. The van der Waals surface area contributed by atoms with Crippen LogP contribution in [0.15, 0.2) is 12.4 Å². The SMILES string of the molecule is CCc1cncc2c1CCC2O. The number of hydrogen-bond acceptors (Lipinski definition) is 2. The molecule has 0 amide bonds. The first-order chi connectivity index (χ1) is 5.83. The average Bonchev–Trinajstić information content (AvgIpc) is 2.48. The van der Waals surface area contributed by atoms with Crippen LogP contribution in [0.3, 0.4) is 0 Å². The summed E-state index contributed by atoms with van der Waals surface area (Å²) in [5.41, 5.74) is 3.68. The van der Waals surface area contributed by atoms with E-state index in [9.17, 15) is 5.11 Å². The van der Waals surface area contributed by atoms with Gasteiger partial charge in [0.25, 0.3) is 0 Å². The summed E-state index contributed by atoms with van der Waals surface area (Å²) in [4.78, 5) is 4.12. The van der Waals surface area contributed by atoms with Gasteiger partial charge in [0.15, 0.2) is 0 Å². The van der Waals surface area contributed by atoms with Crippen molar-refractivity contribution in [3.05, 3.63) is 29.1 Å². The third-order valence-electron chi connectivity index (χ3n) is 2.59. The lowest BCUT2D eigenvalue weighted by atomic mass is 10.1. The van der Waals surface area contributed by atoms with E-state index in [1.54, 1.807) is 6.20 Å². The van der Waals surface area contributed by atoms with Crippen molar-refractivity contribution in [1.29, 1.82) is 0 Å². The summed E-state index contributed by atoms with van der Waals surface area (Å²) in [5, 5.41) is 9.56. The van der Waals surface area contributed by atoms with E-state index in [0.29, 0.717) is 0 Å². The molecular formula is C10H13NO. The zero-order valence-electron chi connectivity index (χ0n) is 7.25. The molecule has 1 heterocycles. The van der Waals surface area contributed by atoms with Crippen LogP contribution in [0.2, 0.25) is 0 Å². The Balaban J connectivity index is 2.50. The van der Waals surface area contributed by atoms with Gasteiger partial charge in [-0.15, -0.1) is 0 Å². The first-order valence-corrected chi connectivity index (χ1v) is 4.46. The molecule has 1 atom stereocenters. The van der Waals surface area contributed by atoms with Crippen molar-refractivity contribution in [2.75, 3.05) is 0 Å². The summed E-state index contributed by atoms with van der Waals surface area (Å²) in [6, 6.07) is 0. The van der Waals surface area contributed by atoms with E-state index in [1.807, 2.05) is 6.20 Å². The van der Waals surface area contributed by atoms with Crippen molar-refractivity contribution in [3.8, 4) is 0 Å². The number of fused-ring (bicyclic) bond motifs is 1. The van der Waals surface area contributed by atoms with Gasteiger partial charge >= 0.3 is 0 Å². The topological polar surface area (TPSA) is 33.1 Å². The van der Waals surface area contributed by atoms with Gasteiger partial charge in [0.2, 0.25) is 0 Å². The summed E-state index contributed by atoms with van der Waals surface area (Å²) in [5.74, 6) is 0. The molecule has 2 nitrogen and oxygen atoms in total. The van der Waals surface area contributed by atoms with Crippen molar-refractivity contribution in [3.63, 3.8) is 0 Å². The Bertz CT molecular complexity index is 296. The van der Waals surface area contributed by atoms with Crippen LogP contribution in [-0.2, 0) is 12.8 Å². The van der Waals surface area contributed by atoms with Crippen molar-refractivity contribution < 1.29 is 5.11 Å². The van der Waals surface area contributed by atoms with Crippen LogP contribution in [0, 0.1) is 0 Å². The molecule has 1 aromatic rings. The summed E-state index contributed by atoms with van der Waals surface area (Å²) in [6.45, 7) is 2.13. The molecule has 2 heteroatoms. The van der Waals surface area contributed by atoms with Gasteiger partial charge in [0, 0.05) is 18.0 Å². The molecule has 2 rings (SSSR count). The van der Waals surface area contributed by atoms with Crippen LogP contribution in [0.5, 0.6) is 0 Å². The normalized spacial score (nSPS) is 21.0. The zero-order chi connectivity index (χ0) is 8.55. The van der Waals surface area contributed by atoms with Crippen LogP contribution in [0.25, 0.3) is 0 Å². The van der Waals surface area contributed by atoms with E-state index in [-0.39, 0.29) is 6.10 Å². The molecule has 0 fully saturated rings. The van der Waals surface area contributed by atoms with Crippen LogP contribution in [-0.4, -0.2) is 10.1 Å². The summed E-state index contributed by atoms with van der Waals surface area (Å²) >= 11 is 0. The van der Waals surface area contributed by atoms with Gasteiger partial charge in [-0.05, 0) is 30.4 Å². The summed E-state index contributed by atoms with van der Waals surface area (Å²) < 4.78 is 0. The number of nitrogens with zero attached hydrogens (tertiary/aromatic N) is 1. The van der Waals surface area contributed by atoms with Gasteiger partial charge in [0.05, 0.1) is 6.10 Å². The van der Waals surface area contributed by atoms with E-state index in [0.717, 1.165) is 24.8 Å². The second kappa shape index (κ2) is 2.87. The maximum atomic E-state index is 9.56. The standard InChI is InChI=1S/C10H13NO/c1-2-7-5-11-6-9-8(7)3-4-10(9)12/h5-6,10,12H,2-4H2,1H3. The molecule has 1 N–H and O–H groups in total. The number of rotatable bonds is 1. The zero-order valence-corrected chi connectivity index (χ0v) is 7.25. The Hall–Kier alpha value is -0.890. The van der Waals surface area contributed by atoms with Crippen molar-refractivity contribution in [1.82, 2.24) is 4.98 Å². The number of hydrogen-bond donors (Lipinski definition) is 1. The maximum Gasteiger partial charge on any atom is 0.0810 e. The predicted octanol–water partition coefficient (Wildman–Crippen LogP) is 1.62. The Morgan fingerprint density at radius 2 is 2.42 bits per heavy atom. The van der Waals surface area contributed by atoms with E-state index in [1.165, 1.54) is 11.1 Å². The molecule has 0 bridgehead atoms. The summed E-state index contributed by atoms with van der Waals surface area (Å²) in [6.07, 6.45) is 6.35. The van der Waals surface area contributed by atoms with E-state index < -0.39 is 0 Å². The molecule has 12 heavy (non-hydrogen) atoms. The fourth-order valence-corrected chi connectivity index (χ4v) is 1.88. The Morgan fingerprint density at radius 1 is 1.58 bits per heavy atom. The molecule has 0 aromatic carbocycles. The Labute approximate surface area is 72.3 Å². The minimum absolute atomic E-state index is 0.265. The Morgan fingerprint density at radius 3 is 3.17 bits per heavy atom. The van der Waals surface area contributed by atoms with E-state index in [2.05, 4.69) is 11.9 Å². The quantitative estimate of drug-likeness (QED) is 0.682. The number of aliphatic hydroxyl groups excluding tert-OH is 1. The molecular weight excluding hydrogens is 150 g/mol. The monoisotopic (exact) mass is 163 g/mol. The highest BCUT2D eigenvalue weighted by Crippen LogP contribution is 2.32. The lowest BCUT2D eigenvalue weighted by molar-refractivity contribution is 0.179. The highest BCUT2D eigenvalue weighted by Gasteiger charge is 2.21. The third kappa shape index (κ3) is 1.03. The largest absolute Gasteiger partial charge is 0.388 e. The summed E-state index contributed by atoms with van der Waals surface area (Å²) in [7, 11) is 0. The van der Waals surface area contributed by atoms with Crippen LogP contribution in [0.4, 0.5) is 0 Å². The lowest BCUT2D eigenvalue weighted by Crippen LogP contribution is -1.95. The van der Waals surface area contributed by atoms with Crippen LogP contribution in [0.1, 0.15) is 36.1 Å². The molecule has 1 aromatic heterocycles. The first kappa shape index (κ1) is 7.74. The molecule has 0 aliphatic heterocycles. The average molecular weight is 163 g/mol. The van der Waals surface area contributed by atoms with Crippen LogP contribution >= 0.6 is 0 Å². The molecule has 0 saturated carbocycles. The second-order valence-corrected chi connectivity index (χ2v) is 3.27. The van der Waals surface area contributed by atoms with E-state index in [4.69, 9.17) is 0 Å². The maximum absolute atomic E-state index is 9.56. The van der Waals surface area contributed by atoms with Gasteiger partial charge in [-0.3, -0.25) is 4.98 Å². The number of aliphatic hydroxyl groups is 1. The first-order valence-electron chi connectivity index (χ1n) is 4.46. The predicted molar refractivity (Wildman–Crippen MR) is 46.9 cm³/mol. The van der Waals surface area contributed by atoms with Crippen molar-refractivity contribution in [2.45, 2.75) is 32.3 Å². The molecule has 0 saturated heterocycles. The minimum atomic E-state index is -0.265. The third-order valence-corrected chi connectivity index (χ3v) is 2.59. The van der Waals surface area contributed by atoms with Gasteiger partial charge in [0.1, 0.15) is 0 Å². The van der Waals surface area contributed by atoms with Crippen molar-refractivity contribution in [2.24, 2.45) is 0 Å². The minimum Gasteiger partial charge on any atom is -0.388 e. The van der Waals surface area contributed by atoms with Crippen molar-refractivity contribution >= 4 is 0 Å².